The summed E-state index contributed by atoms with van der Waals surface area (Å²) in [5.41, 5.74) is 7.91. The maximum atomic E-state index is 11.0. The van der Waals surface area contributed by atoms with Gasteiger partial charge in [0.25, 0.3) is 0 Å². The van der Waals surface area contributed by atoms with E-state index in [1.807, 2.05) is 0 Å². The summed E-state index contributed by atoms with van der Waals surface area (Å²) < 4.78 is 0. The highest BCUT2D eigenvalue weighted by atomic mass is 16.1. The molecule has 1 saturated heterocycles. The third kappa shape index (κ3) is 2.61. The van der Waals surface area contributed by atoms with E-state index in [1.54, 1.807) is 0 Å². The quantitative estimate of drug-likeness (QED) is 0.795. The Hall–Kier alpha value is -1.35. The normalized spacial score (nSPS) is 24.6. The molecule has 0 radical (unpaired) electrons. The fourth-order valence-electron chi connectivity index (χ4n) is 2.35. The van der Waals surface area contributed by atoms with E-state index in [2.05, 4.69) is 36.5 Å². The maximum absolute atomic E-state index is 11.0. The Labute approximate surface area is 96.0 Å². The van der Waals surface area contributed by atoms with E-state index in [9.17, 15) is 4.79 Å². The highest BCUT2D eigenvalue weighted by Crippen LogP contribution is 2.19. The van der Waals surface area contributed by atoms with Gasteiger partial charge >= 0.3 is 0 Å². The molecule has 0 spiro atoms. The summed E-state index contributed by atoms with van der Waals surface area (Å²) >= 11 is 0. The summed E-state index contributed by atoms with van der Waals surface area (Å²) in [6.07, 6.45) is 1.89. The van der Waals surface area contributed by atoms with Gasteiger partial charge in [0.2, 0.25) is 5.91 Å². The number of benzene rings is 1. The first-order chi connectivity index (χ1) is 7.65. The Morgan fingerprint density at radius 2 is 2.38 bits per heavy atom. The SMILES string of the molecule is Cc1cccc(CC2CNC(C(N)=O)C2)c1. The third-order valence-corrected chi connectivity index (χ3v) is 3.17. The van der Waals surface area contributed by atoms with E-state index < -0.39 is 0 Å². The Morgan fingerprint density at radius 3 is 3.00 bits per heavy atom. The lowest BCUT2D eigenvalue weighted by molar-refractivity contribution is -0.119. The van der Waals surface area contributed by atoms with Crippen LogP contribution in [0, 0.1) is 12.8 Å². The number of nitrogens with two attached hydrogens (primary N) is 1. The minimum atomic E-state index is -0.230. The van der Waals surface area contributed by atoms with Crippen molar-refractivity contribution in [2.45, 2.75) is 25.8 Å². The van der Waals surface area contributed by atoms with Crippen molar-refractivity contribution in [3.63, 3.8) is 0 Å². The van der Waals surface area contributed by atoms with Crippen LogP contribution in [0.25, 0.3) is 0 Å². The van der Waals surface area contributed by atoms with Gasteiger partial charge in [-0.3, -0.25) is 4.79 Å². The molecule has 2 atom stereocenters. The second-order valence-corrected chi connectivity index (χ2v) is 4.66. The fourth-order valence-corrected chi connectivity index (χ4v) is 2.35. The van der Waals surface area contributed by atoms with E-state index in [-0.39, 0.29) is 11.9 Å². The molecule has 1 fully saturated rings. The lowest BCUT2D eigenvalue weighted by Crippen LogP contribution is -2.36. The average Bonchev–Trinajstić information content (AvgIpc) is 2.66. The molecular weight excluding hydrogens is 200 g/mol. The molecule has 0 saturated carbocycles. The van der Waals surface area contributed by atoms with Gasteiger partial charge in [0.15, 0.2) is 0 Å². The summed E-state index contributed by atoms with van der Waals surface area (Å²) in [6, 6.07) is 8.40. The molecule has 86 valence electrons. The molecule has 16 heavy (non-hydrogen) atoms. The minimum absolute atomic E-state index is 0.130. The highest BCUT2D eigenvalue weighted by Gasteiger charge is 2.27. The van der Waals surface area contributed by atoms with Crippen molar-refractivity contribution in [1.82, 2.24) is 5.32 Å². The van der Waals surface area contributed by atoms with Gasteiger partial charge in [0, 0.05) is 0 Å². The molecule has 1 aliphatic rings. The van der Waals surface area contributed by atoms with Gasteiger partial charge in [-0.15, -0.1) is 0 Å². The van der Waals surface area contributed by atoms with Crippen molar-refractivity contribution in [1.29, 1.82) is 0 Å². The van der Waals surface area contributed by atoms with Crippen LogP contribution in [-0.4, -0.2) is 18.5 Å². The van der Waals surface area contributed by atoms with Crippen LogP contribution < -0.4 is 11.1 Å². The van der Waals surface area contributed by atoms with Crippen LogP contribution in [0.2, 0.25) is 0 Å². The predicted molar refractivity (Wildman–Crippen MR) is 64.0 cm³/mol. The second-order valence-electron chi connectivity index (χ2n) is 4.66. The molecule has 2 unspecified atom stereocenters. The fraction of sp³-hybridized carbons (Fsp3) is 0.462. The van der Waals surface area contributed by atoms with Gasteiger partial charge in [-0.05, 0) is 37.8 Å². The number of carbonyl (C=O) groups is 1. The minimum Gasteiger partial charge on any atom is -0.368 e. The van der Waals surface area contributed by atoms with Crippen LogP contribution in [0.4, 0.5) is 0 Å². The summed E-state index contributed by atoms with van der Waals surface area (Å²) in [6.45, 7) is 2.99. The molecule has 0 aromatic heterocycles. The number of hydrogen-bond donors (Lipinski definition) is 2. The molecule has 0 bridgehead atoms. The Kier molecular flexibility index (Phi) is 3.25. The lowest BCUT2D eigenvalue weighted by Gasteiger charge is -2.09. The number of aryl methyl sites for hydroxylation is 1. The summed E-state index contributed by atoms with van der Waals surface area (Å²) in [5.74, 6) is 0.297. The van der Waals surface area contributed by atoms with Crippen LogP contribution in [0.3, 0.4) is 0 Å². The van der Waals surface area contributed by atoms with Crippen LogP contribution in [0.15, 0.2) is 24.3 Å². The maximum Gasteiger partial charge on any atom is 0.234 e. The number of amides is 1. The average molecular weight is 218 g/mol. The number of primary amides is 1. The third-order valence-electron chi connectivity index (χ3n) is 3.17. The van der Waals surface area contributed by atoms with Gasteiger partial charge in [0.05, 0.1) is 6.04 Å². The van der Waals surface area contributed by atoms with Gasteiger partial charge in [-0.1, -0.05) is 29.8 Å². The molecule has 2 rings (SSSR count). The molecule has 1 aromatic carbocycles. The lowest BCUT2D eigenvalue weighted by atomic mass is 9.96. The monoisotopic (exact) mass is 218 g/mol. The van der Waals surface area contributed by atoms with E-state index in [0.29, 0.717) is 5.92 Å². The zero-order chi connectivity index (χ0) is 11.5. The number of rotatable bonds is 3. The summed E-state index contributed by atoms with van der Waals surface area (Å²) in [7, 11) is 0. The molecule has 1 heterocycles. The van der Waals surface area contributed by atoms with E-state index >= 15 is 0 Å². The van der Waals surface area contributed by atoms with Crippen LogP contribution >= 0.6 is 0 Å². The van der Waals surface area contributed by atoms with Crippen molar-refractivity contribution in [3.05, 3.63) is 35.4 Å². The van der Waals surface area contributed by atoms with Crippen LogP contribution in [0.1, 0.15) is 17.5 Å². The Bertz CT molecular complexity index is 389. The summed E-state index contributed by atoms with van der Waals surface area (Å²) in [4.78, 5) is 11.0. The molecule has 1 aromatic rings. The molecule has 3 N–H and O–H groups in total. The topological polar surface area (TPSA) is 55.1 Å². The van der Waals surface area contributed by atoms with Crippen molar-refractivity contribution >= 4 is 5.91 Å². The first-order valence-corrected chi connectivity index (χ1v) is 5.73. The first kappa shape index (κ1) is 11.1. The van der Waals surface area contributed by atoms with Gasteiger partial charge in [-0.25, -0.2) is 0 Å². The van der Waals surface area contributed by atoms with Crippen LogP contribution in [0.5, 0.6) is 0 Å². The molecule has 1 amide bonds. The standard InChI is InChI=1S/C13H18N2O/c1-9-3-2-4-10(5-9)6-11-7-12(13(14)16)15-8-11/h2-5,11-12,15H,6-8H2,1H3,(H2,14,16). The highest BCUT2D eigenvalue weighted by molar-refractivity contribution is 5.80. The van der Waals surface area contributed by atoms with E-state index in [1.165, 1.54) is 11.1 Å². The van der Waals surface area contributed by atoms with Crippen molar-refractivity contribution in [3.8, 4) is 0 Å². The smallest absolute Gasteiger partial charge is 0.234 e. The van der Waals surface area contributed by atoms with Gasteiger partial charge < -0.3 is 11.1 Å². The predicted octanol–water partition coefficient (Wildman–Crippen LogP) is 1.00. The number of carbonyl (C=O) groups excluding carboxylic acids is 1. The largest absolute Gasteiger partial charge is 0.368 e. The zero-order valence-corrected chi connectivity index (χ0v) is 9.57. The van der Waals surface area contributed by atoms with Gasteiger partial charge in [0.1, 0.15) is 0 Å². The van der Waals surface area contributed by atoms with Crippen molar-refractivity contribution < 1.29 is 4.79 Å². The summed E-state index contributed by atoms with van der Waals surface area (Å²) in [5, 5.41) is 3.17. The molecule has 3 nitrogen and oxygen atoms in total. The van der Waals surface area contributed by atoms with Crippen LogP contribution in [-0.2, 0) is 11.2 Å². The van der Waals surface area contributed by atoms with Crippen molar-refractivity contribution in [2.24, 2.45) is 11.7 Å². The van der Waals surface area contributed by atoms with E-state index in [0.717, 1.165) is 19.4 Å². The van der Waals surface area contributed by atoms with Crippen molar-refractivity contribution in [2.75, 3.05) is 6.54 Å². The van der Waals surface area contributed by atoms with E-state index in [4.69, 9.17) is 5.73 Å². The van der Waals surface area contributed by atoms with Gasteiger partial charge in [-0.2, -0.15) is 0 Å². The first-order valence-electron chi connectivity index (χ1n) is 5.73. The molecule has 3 heteroatoms. The molecule has 1 aliphatic heterocycles. The molecular formula is C13H18N2O. The second kappa shape index (κ2) is 4.66. The number of nitrogens with one attached hydrogen (secondary N) is 1. The number of hydrogen-bond acceptors (Lipinski definition) is 2. The zero-order valence-electron chi connectivity index (χ0n) is 9.57. The Morgan fingerprint density at radius 1 is 1.56 bits per heavy atom. The molecule has 0 aliphatic carbocycles. The Balaban J connectivity index is 1.94.